The van der Waals surface area contributed by atoms with Gasteiger partial charge in [-0.05, 0) is 13.3 Å². The average molecular weight is 264 g/mol. The van der Waals surface area contributed by atoms with Gasteiger partial charge >= 0.3 is 0 Å². The molecule has 0 spiro atoms. The summed E-state index contributed by atoms with van der Waals surface area (Å²) in [6.07, 6.45) is 0.549. The lowest BCUT2D eigenvalue weighted by Crippen LogP contribution is -2.47. The lowest BCUT2D eigenvalue weighted by molar-refractivity contribution is 0.179. The fraction of sp³-hybridized carbons (Fsp3) is 0.889. The summed E-state index contributed by atoms with van der Waals surface area (Å²) in [5, 5.41) is 3.02. The Morgan fingerprint density at radius 2 is 2.35 bits per heavy atom. The van der Waals surface area contributed by atoms with Crippen molar-refractivity contribution in [2.24, 2.45) is 10.8 Å². The zero-order valence-electron chi connectivity index (χ0n) is 10.1. The molecule has 100 valence electrons. The van der Waals surface area contributed by atoms with Gasteiger partial charge in [0, 0.05) is 13.2 Å². The van der Waals surface area contributed by atoms with Crippen LogP contribution in [0.15, 0.2) is 4.99 Å². The summed E-state index contributed by atoms with van der Waals surface area (Å²) in [5.41, 5.74) is 2.43. The van der Waals surface area contributed by atoms with Crippen molar-refractivity contribution < 1.29 is 13.2 Å². The molecule has 7 nitrogen and oxygen atoms in total. The minimum absolute atomic E-state index is 0.0489. The van der Waals surface area contributed by atoms with Crippen LogP contribution in [0.5, 0.6) is 0 Å². The molecule has 2 unspecified atom stereocenters. The number of hydrazine groups is 1. The summed E-state index contributed by atoms with van der Waals surface area (Å²) >= 11 is 0. The zero-order chi connectivity index (χ0) is 12.9. The Labute approximate surface area is 102 Å². The van der Waals surface area contributed by atoms with Crippen LogP contribution in [0.1, 0.15) is 13.3 Å². The summed E-state index contributed by atoms with van der Waals surface area (Å²) in [5.74, 6) is 6.03. The second-order valence-corrected chi connectivity index (χ2v) is 6.41. The number of rotatable bonds is 4. The summed E-state index contributed by atoms with van der Waals surface area (Å²) < 4.78 is 27.5. The molecule has 1 heterocycles. The van der Waals surface area contributed by atoms with Crippen molar-refractivity contribution in [2.45, 2.75) is 25.4 Å². The number of guanidine groups is 1. The second-order valence-electron chi connectivity index (χ2n) is 4.18. The van der Waals surface area contributed by atoms with Crippen LogP contribution in [0.4, 0.5) is 0 Å². The largest absolute Gasteiger partial charge is 0.383 e. The Bertz CT molecular complexity index is 368. The van der Waals surface area contributed by atoms with E-state index in [1.807, 2.05) is 6.92 Å². The minimum Gasteiger partial charge on any atom is -0.383 e. The van der Waals surface area contributed by atoms with Gasteiger partial charge in [-0.15, -0.1) is 0 Å². The van der Waals surface area contributed by atoms with E-state index in [1.54, 1.807) is 7.11 Å². The second kappa shape index (κ2) is 6.18. The molecule has 0 amide bonds. The molecule has 0 aromatic carbocycles. The molecule has 4 N–H and O–H groups in total. The Morgan fingerprint density at radius 3 is 2.82 bits per heavy atom. The van der Waals surface area contributed by atoms with Gasteiger partial charge in [-0.3, -0.25) is 5.43 Å². The maximum absolute atomic E-state index is 11.3. The first-order chi connectivity index (χ1) is 7.96. The predicted octanol–water partition coefficient (Wildman–Crippen LogP) is -1.38. The summed E-state index contributed by atoms with van der Waals surface area (Å²) in [4.78, 5) is 4.25. The van der Waals surface area contributed by atoms with Crippen molar-refractivity contribution in [1.82, 2.24) is 10.7 Å². The molecule has 0 aromatic heterocycles. The van der Waals surface area contributed by atoms with Gasteiger partial charge in [0.2, 0.25) is 5.96 Å². The maximum Gasteiger partial charge on any atom is 0.206 e. The molecule has 1 aliphatic rings. The van der Waals surface area contributed by atoms with Crippen molar-refractivity contribution in [1.29, 1.82) is 0 Å². The van der Waals surface area contributed by atoms with Crippen molar-refractivity contribution in [3.63, 3.8) is 0 Å². The lowest BCUT2D eigenvalue weighted by Gasteiger charge is -2.16. The van der Waals surface area contributed by atoms with E-state index < -0.39 is 9.84 Å². The molecular formula is C9H20N4O3S. The first kappa shape index (κ1) is 14.2. The molecule has 0 aliphatic carbocycles. The Kier molecular flexibility index (Phi) is 5.16. The SMILES string of the molecule is COCC(C)NC(=NC1CCS(=O)(=O)C1)NN. The highest BCUT2D eigenvalue weighted by Gasteiger charge is 2.27. The molecule has 1 aliphatic heterocycles. The average Bonchev–Trinajstić information content (AvgIpc) is 2.57. The molecule has 17 heavy (non-hydrogen) atoms. The number of hydrogen-bond donors (Lipinski definition) is 3. The summed E-state index contributed by atoms with van der Waals surface area (Å²) in [6.45, 7) is 2.44. The molecule has 0 bridgehead atoms. The van der Waals surface area contributed by atoms with Crippen LogP contribution in [0.3, 0.4) is 0 Å². The van der Waals surface area contributed by atoms with Gasteiger partial charge in [0.15, 0.2) is 9.84 Å². The number of hydrogen-bond acceptors (Lipinski definition) is 5. The molecule has 2 atom stereocenters. The van der Waals surface area contributed by atoms with E-state index in [9.17, 15) is 8.42 Å². The van der Waals surface area contributed by atoms with Gasteiger partial charge in [0.25, 0.3) is 0 Å². The molecular weight excluding hydrogens is 244 g/mol. The quantitative estimate of drug-likeness (QED) is 0.250. The van der Waals surface area contributed by atoms with Crippen molar-refractivity contribution in [3.05, 3.63) is 0 Å². The zero-order valence-corrected chi connectivity index (χ0v) is 11.0. The van der Waals surface area contributed by atoms with Gasteiger partial charge in [0.05, 0.1) is 24.2 Å². The third-order valence-corrected chi connectivity index (χ3v) is 4.21. The third-order valence-electron chi connectivity index (χ3n) is 2.46. The van der Waals surface area contributed by atoms with E-state index in [0.29, 0.717) is 19.0 Å². The van der Waals surface area contributed by atoms with E-state index >= 15 is 0 Å². The highest BCUT2D eigenvalue weighted by atomic mass is 32.2. The van der Waals surface area contributed by atoms with Gasteiger partial charge < -0.3 is 10.1 Å². The van der Waals surface area contributed by atoms with Gasteiger partial charge in [0.1, 0.15) is 0 Å². The molecule has 0 saturated carbocycles. The van der Waals surface area contributed by atoms with E-state index in [0.717, 1.165) is 0 Å². The maximum atomic E-state index is 11.3. The van der Waals surface area contributed by atoms with Gasteiger partial charge in [-0.25, -0.2) is 19.3 Å². The van der Waals surface area contributed by atoms with Crippen LogP contribution in [-0.2, 0) is 14.6 Å². The molecule has 0 aromatic rings. The van der Waals surface area contributed by atoms with Gasteiger partial charge in [-0.2, -0.15) is 0 Å². The van der Waals surface area contributed by atoms with E-state index in [4.69, 9.17) is 10.6 Å². The van der Waals surface area contributed by atoms with E-state index in [2.05, 4.69) is 15.7 Å². The smallest absolute Gasteiger partial charge is 0.206 e. The number of nitrogens with zero attached hydrogens (tertiary/aromatic N) is 1. The summed E-state index contributed by atoms with van der Waals surface area (Å²) in [6, 6.07) is -0.166. The van der Waals surface area contributed by atoms with E-state index in [1.165, 1.54) is 0 Å². The molecule has 1 fully saturated rings. The number of methoxy groups -OCH3 is 1. The highest BCUT2D eigenvalue weighted by molar-refractivity contribution is 7.91. The molecule has 1 saturated heterocycles. The fourth-order valence-electron chi connectivity index (χ4n) is 1.70. The highest BCUT2D eigenvalue weighted by Crippen LogP contribution is 2.14. The van der Waals surface area contributed by atoms with Crippen LogP contribution >= 0.6 is 0 Å². The number of nitrogens with one attached hydrogen (secondary N) is 2. The van der Waals surface area contributed by atoms with Crippen molar-refractivity contribution in [2.75, 3.05) is 25.2 Å². The lowest BCUT2D eigenvalue weighted by atomic mass is 10.3. The Hall–Kier alpha value is -0.860. The number of nitrogens with two attached hydrogens (primary N) is 1. The van der Waals surface area contributed by atoms with E-state index in [-0.39, 0.29) is 23.6 Å². The normalized spacial score (nSPS) is 25.6. The third kappa shape index (κ3) is 4.88. The first-order valence-electron chi connectivity index (χ1n) is 5.47. The molecule has 1 rings (SSSR count). The number of ether oxygens (including phenoxy) is 1. The first-order valence-corrected chi connectivity index (χ1v) is 7.29. The number of sulfone groups is 1. The van der Waals surface area contributed by atoms with Crippen LogP contribution in [0, 0.1) is 0 Å². The molecule has 8 heteroatoms. The number of aliphatic imine (C=N–C) groups is 1. The Balaban J connectivity index is 2.55. The van der Waals surface area contributed by atoms with Gasteiger partial charge in [-0.1, -0.05) is 0 Å². The summed E-state index contributed by atoms with van der Waals surface area (Å²) in [7, 11) is -1.31. The topological polar surface area (TPSA) is 106 Å². The predicted molar refractivity (Wildman–Crippen MR) is 66.3 cm³/mol. The molecule has 0 radical (unpaired) electrons. The van der Waals surface area contributed by atoms with Crippen LogP contribution in [0.2, 0.25) is 0 Å². The van der Waals surface area contributed by atoms with Crippen molar-refractivity contribution in [3.8, 4) is 0 Å². The minimum atomic E-state index is -2.92. The van der Waals surface area contributed by atoms with Crippen LogP contribution in [0.25, 0.3) is 0 Å². The van der Waals surface area contributed by atoms with Crippen LogP contribution < -0.4 is 16.6 Å². The van der Waals surface area contributed by atoms with Crippen LogP contribution in [-0.4, -0.2) is 51.7 Å². The standard InChI is InChI=1S/C9H20N4O3S/c1-7(5-16-2)11-9(13-10)12-8-3-4-17(14,15)6-8/h7-8H,3-6,10H2,1-2H3,(H2,11,12,13). The fourth-order valence-corrected chi connectivity index (χ4v) is 3.33. The van der Waals surface area contributed by atoms with Crippen molar-refractivity contribution >= 4 is 15.8 Å². The Morgan fingerprint density at radius 1 is 1.65 bits per heavy atom. The monoisotopic (exact) mass is 264 g/mol.